The Balaban J connectivity index is 1.14. The van der Waals surface area contributed by atoms with Crippen LogP contribution in [0.4, 0.5) is 0 Å². The van der Waals surface area contributed by atoms with E-state index in [1.165, 1.54) is 140 Å². The number of rotatable bonds is 12. The van der Waals surface area contributed by atoms with Gasteiger partial charge in [-0.2, -0.15) is 0 Å². The molecule has 0 atom stereocenters. The molecule has 3 saturated carbocycles. The van der Waals surface area contributed by atoms with Crippen LogP contribution in [0.25, 0.3) is 0 Å². The summed E-state index contributed by atoms with van der Waals surface area (Å²) in [6.07, 6.45) is 34.4. The van der Waals surface area contributed by atoms with Gasteiger partial charge in [0.1, 0.15) is 5.82 Å². The van der Waals surface area contributed by atoms with Crippen LogP contribution in [0.5, 0.6) is 0 Å². The van der Waals surface area contributed by atoms with Gasteiger partial charge in [0.25, 0.3) is 0 Å². The van der Waals surface area contributed by atoms with Crippen LogP contribution >= 0.6 is 0 Å². The largest absolute Gasteiger partial charge is 0.241 e. The van der Waals surface area contributed by atoms with Crippen molar-refractivity contribution in [3.8, 4) is 0 Å². The highest BCUT2D eigenvalue weighted by molar-refractivity contribution is 5.14. The van der Waals surface area contributed by atoms with Gasteiger partial charge in [0.05, 0.1) is 0 Å². The van der Waals surface area contributed by atoms with E-state index in [0.29, 0.717) is 11.8 Å². The number of nitrogens with zero attached hydrogens (tertiary/aromatic N) is 2. The Kier molecular flexibility index (Phi) is 11.4. The Morgan fingerprint density at radius 3 is 1.63 bits per heavy atom. The van der Waals surface area contributed by atoms with E-state index in [1.807, 2.05) is 0 Å². The van der Waals surface area contributed by atoms with Crippen molar-refractivity contribution in [1.82, 2.24) is 9.97 Å². The van der Waals surface area contributed by atoms with E-state index in [1.54, 1.807) is 0 Å². The molecule has 0 unspecified atom stereocenters. The van der Waals surface area contributed by atoms with Crippen LogP contribution in [-0.4, -0.2) is 9.97 Å². The molecule has 0 saturated heterocycles. The van der Waals surface area contributed by atoms with Gasteiger partial charge in [-0.1, -0.05) is 84.5 Å². The quantitative estimate of drug-likeness (QED) is 0.278. The van der Waals surface area contributed by atoms with Gasteiger partial charge in [0, 0.05) is 18.3 Å². The van der Waals surface area contributed by atoms with E-state index in [9.17, 15) is 0 Å². The maximum absolute atomic E-state index is 4.91. The molecule has 0 spiro atoms. The molecule has 3 aliphatic rings. The van der Waals surface area contributed by atoms with Gasteiger partial charge < -0.3 is 0 Å². The lowest BCUT2D eigenvalue weighted by molar-refractivity contribution is 0.155. The molecule has 3 fully saturated rings. The van der Waals surface area contributed by atoms with Crippen molar-refractivity contribution in [1.29, 1.82) is 0 Å². The normalized spacial score (nSPS) is 31.9. The lowest BCUT2D eigenvalue weighted by Crippen LogP contribution is -2.25. The lowest BCUT2D eigenvalue weighted by Gasteiger charge is -2.38. The minimum Gasteiger partial charge on any atom is -0.241 e. The van der Waals surface area contributed by atoms with Crippen molar-refractivity contribution >= 4 is 0 Å². The molecule has 35 heavy (non-hydrogen) atoms. The van der Waals surface area contributed by atoms with Gasteiger partial charge in [-0.3, -0.25) is 0 Å². The van der Waals surface area contributed by atoms with Gasteiger partial charge in [0.15, 0.2) is 0 Å². The van der Waals surface area contributed by atoms with E-state index >= 15 is 0 Å². The minimum absolute atomic E-state index is 0.615. The van der Waals surface area contributed by atoms with Crippen molar-refractivity contribution in [3.05, 3.63) is 23.8 Å². The molecule has 1 aromatic heterocycles. The summed E-state index contributed by atoms with van der Waals surface area (Å²) in [5.41, 5.74) is 1.43. The van der Waals surface area contributed by atoms with E-state index in [0.717, 1.165) is 29.5 Å². The Morgan fingerprint density at radius 1 is 0.543 bits per heavy atom. The molecule has 1 aromatic rings. The van der Waals surface area contributed by atoms with Gasteiger partial charge in [-0.05, 0) is 99.4 Å². The number of hydrogen-bond donors (Lipinski definition) is 0. The molecule has 2 nitrogen and oxygen atoms in total. The molecular weight excluding hydrogens is 424 g/mol. The Labute approximate surface area is 217 Å². The molecule has 0 amide bonds. The first-order valence-corrected chi connectivity index (χ1v) is 16.1. The summed E-state index contributed by atoms with van der Waals surface area (Å²) in [6, 6.07) is 0. The lowest BCUT2D eigenvalue weighted by atomic mass is 9.68. The van der Waals surface area contributed by atoms with E-state index < -0.39 is 0 Å². The summed E-state index contributed by atoms with van der Waals surface area (Å²) in [7, 11) is 0. The maximum atomic E-state index is 4.91. The first kappa shape index (κ1) is 27.1. The zero-order valence-electron chi connectivity index (χ0n) is 23.4. The number of unbranched alkanes of at least 4 members (excludes halogenated alkanes) is 5. The third kappa shape index (κ3) is 8.29. The molecule has 0 aromatic carbocycles. The van der Waals surface area contributed by atoms with Crippen molar-refractivity contribution < 1.29 is 0 Å². The molecule has 198 valence electrons. The smallest absolute Gasteiger partial charge is 0.131 e. The molecular formula is C33H56N2. The van der Waals surface area contributed by atoms with Crippen LogP contribution in [0.3, 0.4) is 0 Å². The molecule has 0 bridgehead atoms. The zero-order valence-corrected chi connectivity index (χ0v) is 23.4. The summed E-state index contributed by atoms with van der Waals surface area (Å²) in [5, 5.41) is 0. The topological polar surface area (TPSA) is 25.8 Å². The van der Waals surface area contributed by atoms with Gasteiger partial charge in [0.2, 0.25) is 0 Å². The zero-order chi connectivity index (χ0) is 24.3. The van der Waals surface area contributed by atoms with Gasteiger partial charge in [-0.25, -0.2) is 9.97 Å². The highest BCUT2D eigenvalue weighted by atomic mass is 14.9. The van der Waals surface area contributed by atoms with Crippen LogP contribution in [0, 0.1) is 23.7 Å². The van der Waals surface area contributed by atoms with Crippen LogP contribution < -0.4 is 0 Å². The first-order valence-electron chi connectivity index (χ1n) is 16.1. The van der Waals surface area contributed by atoms with E-state index in [2.05, 4.69) is 26.2 Å². The Bertz CT molecular complexity index is 674. The molecule has 0 N–H and O–H groups in total. The second-order valence-corrected chi connectivity index (χ2v) is 12.8. The van der Waals surface area contributed by atoms with Gasteiger partial charge >= 0.3 is 0 Å². The third-order valence-electron chi connectivity index (χ3n) is 10.4. The van der Waals surface area contributed by atoms with Crippen LogP contribution in [-0.2, 0) is 0 Å². The van der Waals surface area contributed by atoms with Crippen LogP contribution in [0.2, 0.25) is 0 Å². The fourth-order valence-electron chi connectivity index (χ4n) is 7.88. The summed E-state index contributed by atoms with van der Waals surface area (Å²) in [5.74, 6) is 6.50. The predicted octanol–water partition coefficient (Wildman–Crippen LogP) is 10.4. The molecule has 4 rings (SSSR count). The SMILES string of the molecule is CCCCCCCC1CCC(C2CCC(c3cnc(C4CCC(CCCC)CC4)nc3)CC2)CC1. The average Bonchev–Trinajstić information content (AvgIpc) is 2.93. The van der Waals surface area contributed by atoms with Crippen molar-refractivity contribution in [3.63, 3.8) is 0 Å². The molecule has 3 aliphatic carbocycles. The fourth-order valence-corrected chi connectivity index (χ4v) is 7.88. The number of aromatic nitrogens is 2. The second-order valence-electron chi connectivity index (χ2n) is 12.8. The maximum Gasteiger partial charge on any atom is 0.131 e. The Morgan fingerprint density at radius 2 is 1.03 bits per heavy atom. The van der Waals surface area contributed by atoms with Crippen molar-refractivity contribution in [2.24, 2.45) is 23.7 Å². The monoisotopic (exact) mass is 480 g/mol. The minimum atomic E-state index is 0.615. The second kappa shape index (κ2) is 14.7. The highest BCUT2D eigenvalue weighted by Gasteiger charge is 2.31. The molecule has 0 radical (unpaired) electrons. The van der Waals surface area contributed by atoms with Crippen LogP contribution in [0.1, 0.15) is 172 Å². The molecule has 2 heteroatoms. The van der Waals surface area contributed by atoms with E-state index in [4.69, 9.17) is 9.97 Å². The highest BCUT2D eigenvalue weighted by Crippen LogP contribution is 2.44. The standard InChI is InChI=1S/C33H56N2/c1-3-5-7-8-9-11-27-12-16-28(17-13-27)29-20-22-30(23-21-29)32-24-34-33(35-25-32)31-18-14-26(15-19-31)10-6-4-2/h24-31H,3-23H2,1-2H3. The fraction of sp³-hybridized carbons (Fsp3) is 0.879. The Hall–Kier alpha value is -0.920. The van der Waals surface area contributed by atoms with Crippen molar-refractivity contribution in [2.75, 3.05) is 0 Å². The summed E-state index contributed by atoms with van der Waals surface area (Å²) < 4.78 is 0. The van der Waals surface area contributed by atoms with Crippen LogP contribution in [0.15, 0.2) is 12.4 Å². The predicted molar refractivity (Wildman–Crippen MR) is 150 cm³/mol. The summed E-state index contributed by atoms with van der Waals surface area (Å²) in [4.78, 5) is 9.82. The molecule has 1 heterocycles. The molecule has 0 aliphatic heterocycles. The third-order valence-corrected chi connectivity index (χ3v) is 10.4. The number of hydrogen-bond acceptors (Lipinski definition) is 2. The van der Waals surface area contributed by atoms with Gasteiger partial charge in [-0.15, -0.1) is 0 Å². The summed E-state index contributed by atoms with van der Waals surface area (Å²) in [6.45, 7) is 4.63. The van der Waals surface area contributed by atoms with E-state index in [-0.39, 0.29) is 0 Å². The first-order chi connectivity index (χ1) is 17.3. The average molecular weight is 481 g/mol. The van der Waals surface area contributed by atoms with Crippen molar-refractivity contribution in [2.45, 2.75) is 161 Å². The summed E-state index contributed by atoms with van der Waals surface area (Å²) >= 11 is 0.